The lowest BCUT2D eigenvalue weighted by molar-refractivity contribution is 0.791. The molecule has 166 valence electrons. The van der Waals surface area contributed by atoms with Crippen LogP contribution in [-0.2, 0) is 10.7 Å². The van der Waals surface area contributed by atoms with E-state index in [4.69, 9.17) is 4.98 Å². The van der Waals surface area contributed by atoms with Gasteiger partial charge in [0.1, 0.15) is 0 Å². The van der Waals surface area contributed by atoms with E-state index in [0.717, 1.165) is 28.6 Å². The van der Waals surface area contributed by atoms with Crippen LogP contribution in [0.15, 0.2) is 91.3 Å². The number of alkyl halides is 2. The summed E-state index contributed by atoms with van der Waals surface area (Å²) >= 11 is 6.99. The second-order valence-corrected chi connectivity index (χ2v) is 9.16. The molecule has 6 aromatic rings. The zero-order valence-corrected chi connectivity index (χ0v) is 21.2. The van der Waals surface area contributed by atoms with Crippen LogP contribution in [0.5, 0.6) is 0 Å². The summed E-state index contributed by atoms with van der Waals surface area (Å²) < 4.78 is 3.65. The highest BCUT2D eigenvalue weighted by Crippen LogP contribution is 2.37. The van der Waals surface area contributed by atoms with Gasteiger partial charge < -0.3 is 0 Å². The van der Waals surface area contributed by atoms with Crippen molar-refractivity contribution in [2.24, 2.45) is 0 Å². The Bertz CT molecular complexity index is 1540. The summed E-state index contributed by atoms with van der Waals surface area (Å²) in [5, 5.41) is 15.6. The SMILES string of the molecule is BrCc1ccn(-c2cc(-c3c4ccccc4cc4ccccc34)cc(-n3ccc(CBr)n3)n2)n1. The minimum absolute atomic E-state index is 0.689. The average Bonchev–Trinajstić information content (AvgIpc) is 3.57. The Morgan fingerprint density at radius 3 is 1.59 bits per heavy atom. The van der Waals surface area contributed by atoms with E-state index >= 15 is 0 Å². The van der Waals surface area contributed by atoms with Crippen molar-refractivity contribution in [1.82, 2.24) is 24.5 Å². The first kappa shape index (κ1) is 21.3. The van der Waals surface area contributed by atoms with Gasteiger partial charge in [-0.3, -0.25) is 0 Å². The standard InChI is InChI=1S/C27H19Br2N5/c28-16-21-9-11-33(31-21)25-14-20(15-26(30-25)34-12-10-22(17-29)32-34)27-23-7-3-1-5-18(23)13-19-6-2-4-8-24(19)27/h1-15H,16-17H2. The molecule has 3 heterocycles. The molecule has 0 unspecified atom stereocenters. The lowest BCUT2D eigenvalue weighted by Gasteiger charge is -2.14. The van der Waals surface area contributed by atoms with Crippen LogP contribution < -0.4 is 0 Å². The van der Waals surface area contributed by atoms with Crippen LogP contribution in [0.3, 0.4) is 0 Å². The molecule has 0 bridgehead atoms. The molecule has 0 N–H and O–H groups in total. The zero-order valence-electron chi connectivity index (χ0n) is 18.1. The number of pyridine rings is 1. The maximum absolute atomic E-state index is 4.93. The summed E-state index contributed by atoms with van der Waals surface area (Å²) in [6.45, 7) is 0. The van der Waals surface area contributed by atoms with Gasteiger partial charge in [-0.05, 0) is 63.0 Å². The Kier molecular flexibility index (Phi) is 5.51. The van der Waals surface area contributed by atoms with E-state index in [2.05, 4.69) is 109 Å². The summed E-state index contributed by atoms with van der Waals surface area (Å²) in [5.74, 6) is 1.49. The van der Waals surface area contributed by atoms with Crippen molar-refractivity contribution < 1.29 is 0 Å². The monoisotopic (exact) mass is 571 g/mol. The smallest absolute Gasteiger partial charge is 0.156 e. The van der Waals surface area contributed by atoms with Crippen LogP contribution in [0.4, 0.5) is 0 Å². The molecule has 34 heavy (non-hydrogen) atoms. The highest BCUT2D eigenvalue weighted by atomic mass is 79.9. The third kappa shape index (κ3) is 3.75. The molecule has 3 aromatic heterocycles. The molecule has 0 saturated heterocycles. The number of nitrogens with zero attached hydrogens (tertiary/aromatic N) is 5. The van der Waals surface area contributed by atoms with Crippen molar-refractivity contribution in [3.8, 4) is 22.8 Å². The quantitative estimate of drug-likeness (QED) is 0.162. The fourth-order valence-electron chi connectivity index (χ4n) is 4.33. The molecule has 3 aromatic carbocycles. The topological polar surface area (TPSA) is 48.5 Å². The number of rotatable bonds is 5. The van der Waals surface area contributed by atoms with Crippen molar-refractivity contribution in [2.75, 3.05) is 0 Å². The highest BCUT2D eigenvalue weighted by molar-refractivity contribution is 9.08. The second-order valence-electron chi connectivity index (χ2n) is 8.04. The number of hydrogen-bond acceptors (Lipinski definition) is 3. The number of aromatic nitrogens is 5. The van der Waals surface area contributed by atoms with Gasteiger partial charge in [-0.2, -0.15) is 10.2 Å². The average molecular weight is 573 g/mol. The van der Waals surface area contributed by atoms with Crippen molar-refractivity contribution in [2.45, 2.75) is 10.7 Å². The molecule has 0 fully saturated rings. The highest BCUT2D eigenvalue weighted by Gasteiger charge is 2.15. The van der Waals surface area contributed by atoms with Gasteiger partial charge in [-0.1, -0.05) is 80.4 Å². The summed E-state index contributed by atoms with van der Waals surface area (Å²) in [5.41, 5.74) is 4.15. The molecule has 0 spiro atoms. The van der Waals surface area contributed by atoms with E-state index in [-0.39, 0.29) is 0 Å². The number of fused-ring (bicyclic) bond motifs is 2. The van der Waals surface area contributed by atoms with Crippen molar-refractivity contribution in [3.63, 3.8) is 0 Å². The molecule has 5 nitrogen and oxygen atoms in total. The molecular weight excluding hydrogens is 554 g/mol. The fourth-order valence-corrected chi connectivity index (χ4v) is 4.92. The predicted octanol–water partition coefficient (Wildman–Crippen LogP) is 7.22. The summed E-state index contributed by atoms with van der Waals surface area (Å²) in [6, 6.07) is 27.5. The predicted molar refractivity (Wildman–Crippen MR) is 144 cm³/mol. The first-order valence-electron chi connectivity index (χ1n) is 10.9. The largest absolute Gasteiger partial charge is 0.222 e. The number of benzene rings is 3. The third-order valence-corrected chi connectivity index (χ3v) is 7.04. The lowest BCUT2D eigenvalue weighted by atomic mass is 9.92. The summed E-state index contributed by atoms with van der Waals surface area (Å²) in [6.07, 6.45) is 3.89. The van der Waals surface area contributed by atoms with Gasteiger partial charge in [-0.15, -0.1) is 0 Å². The number of halogens is 2. The van der Waals surface area contributed by atoms with E-state index in [1.165, 1.54) is 27.1 Å². The summed E-state index contributed by atoms with van der Waals surface area (Å²) in [7, 11) is 0. The molecule has 0 aliphatic carbocycles. The van der Waals surface area contributed by atoms with Crippen LogP contribution in [0.2, 0.25) is 0 Å². The third-order valence-electron chi connectivity index (χ3n) is 5.89. The normalized spacial score (nSPS) is 11.5. The van der Waals surface area contributed by atoms with Gasteiger partial charge >= 0.3 is 0 Å². The maximum atomic E-state index is 4.93. The fraction of sp³-hybridized carbons (Fsp3) is 0.0741. The van der Waals surface area contributed by atoms with Gasteiger partial charge in [0.05, 0.1) is 11.4 Å². The molecular formula is C27H19Br2N5. The molecule has 0 atom stereocenters. The van der Waals surface area contributed by atoms with E-state index in [1.54, 1.807) is 0 Å². The Balaban J connectivity index is 1.67. The van der Waals surface area contributed by atoms with Gasteiger partial charge in [0, 0.05) is 23.1 Å². The van der Waals surface area contributed by atoms with E-state index in [1.807, 2.05) is 33.9 Å². The number of hydrogen-bond donors (Lipinski definition) is 0. The molecule has 0 radical (unpaired) electrons. The van der Waals surface area contributed by atoms with Gasteiger partial charge in [-0.25, -0.2) is 14.3 Å². The second kappa shape index (κ2) is 8.81. The Morgan fingerprint density at radius 2 is 1.12 bits per heavy atom. The van der Waals surface area contributed by atoms with Crippen LogP contribution >= 0.6 is 31.9 Å². The first-order valence-corrected chi connectivity index (χ1v) is 13.1. The van der Waals surface area contributed by atoms with Crippen molar-refractivity contribution >= 4 is 53.4 Å². The Hall–Kier alpha value is -3.29. The Morgan fingerprint density at radius 1 is 0.618 bits per heavy atom. The lowest BCUT2D eigenvalue weighted by Crippen LogP contribution is -2.06. The van der Waals surface area contributed by atoms with Crippen LogP contribution in [0, 0.1) is 0 Å². The van der Waals surface area contributed by atoms with E-state index < -0.39 is 0 Å². The van der Waals surface area contributed by atoms with E-state index in [9.17, 15) is 0 Å². The van der Waals surface area contributed by atoms with Crippen molar-refractivity contribution in [3.05, 3.63) is 103 Å². The minimum atomic E-state index is 0.689. The van der Waals surface area contributed by atoms with Gasteiger partial charge in [0.15, 0.2) is 11.6 Å². The zero-order chi connectivity index (χ0) is 23.1. The van der Waals surface area contributed by atoms with Crippen molar-refractivity contribution in [1.29, 1.82) is 0 Å². The van der Waals surface area contributed by atoms with E-state index in [0.29, 0.717) is 10.7 Å². The van der Waals surface area contributed by atoms with Crippen LogP contribution in [-0.4, -0.2) is 24.5 Å². The minimum Gasteiger partial charge on any atom is -0.222 e. The molecule has 0 aliphatic heterocycles. The molecule has 0 aliphatic rings. The maximum Gasteiger partial charge on any atom is 0.156 e. The van der Waals surface area contributed by atoms with Gasteiger partial charge in [0.25, 0.3) is 0 Å². The molecule has 7 heteroatoms. The molecule has 6 rings (SSSR count). The summed E-state index contributed by atoms with van der Waals surface area (Å²) in [4.78, 5) is 4.93. The first-order chi connectivity index (χ1) is 16.7. The molecule has 0 amide bonds. The Labute approximate surface area is 213 Å². The molecule has 0 saturated carbocycles. The van der Waals surface area contributed by atoms with Crippen LogP contribution in [0.1, 0.15) is 11.4 Å². The van der Waals surface area contributed by atoms with Crippen LogP contribution in [0.25, 0.3) is 44.3 Å². The van der Waals surface area contributed by atoms with Gasteiger partial charge in [0.2, 0.25) is 0 Å².